The molecule has 2 fully saturated rings. The van der Waals surface area contributed by atoms with Gasteiger partial charge in [-0.3, -0.25) is 9.69 Å². The maximum Gasteiger partial charge on any atom is 0.253 e. The van der Waals surface area contributed by atoms with Crippen LogP contribution in [0.5, 0.6) is 0 Å². The first-order chi connectivity index (χ1) is 14.9. The van der Waals surface area contributed by atoms with E-state index in [-0.39, 0.29) is 23.8 Å². The topological polar surface area (TPSA) is 86.9 Å². The van der Waals surface area contributed by atoms with Crippen LogP contribution in [-0.4, -0.2) is 69.4 Å². The fourth-order valence-corrected chi connectivity index (χ4v) is 4.36. The van der Waals surface area contributed by atoms with Crippen molar-refractivity contribution in [1.82, 2.24) is 14.8 Å². The van der Waals surface area contributed by atoms with Gasteiger partial charge in [0, 0.05) is 55.3 Å². The lowest BCUT2D eigenvalue weighted by molar-refractivity contribution is -0.118. The molecule has 3 aromatic rings. The van der Waals surface area contributed by atoms with Gasteiger partial charge < -0.3 is 19.2 Å². The lowest BCUT2D eigenvalue weighted by Crippen LogP contribution is -2.55. The van der Waals surface area contributed by atoms with Crippen LogP contribution < -0.4 is 0 Å². The molecule has 1 amide bonds. The first-order valence-electron chi connectivity index (χ1n) is 10.3. The Morgan fingerprint density at radius 3 is 2.71 bits per heavy atom. The third-order valence-electron chi connectivity index (χ3n) is 6.24. The third-order valence-corrected chi connectivity index (χ3v) is 6.24. The van der Waals surface area contributed by atoms with E-state index in [1.54, 1.807) is 35.2 Å². The van der Waals surface area contributed by atoms with Gasteiger partial charge in [0.1, 0.15) is 16.9 Å². The van der Waals surface area contributed by atoms with E-state index < -0.39 is 5.60 Å². The molecule has 3 atom stereocenters. The first-order valence-corrected chi connectivity index (χ1v) is 10.3. The Kier molecular flexibility index (Phi) is 4.64. The Bertz CT molecular complexity index is 1160. The van der Waals surface area contributed by atoms with E-state index >= 15 is 0 Å². The number of aldehydes is 1. The zero-order valence-electron chi connectivity index (χ0n) is 17.0. The van der Waals surface area contributed by atoms with E-state index in [0.29, 0.717) is 60.5 Å². The maximum absolute atomic E-state index is 13.4. The van der Waals surface area contributed by atoms with Crippen LogP contribution in [0.1, 0.15) is 23.7 Å². The Morgan fingerprint density at radius 1 is 1.26 bits per heavy atom. The van der Waals surface area contributed by atoms with Gasteiger partial charge in [-0.1, -0.05) is 0 Å². The molecular weight excluding hydrogens is 401 g/mol. The number of halogens is 1. The molecule has 0 spiro atoms. The zero-order valence-corrected chi connectivity index (χ0v) is 17.0. The van der Waals surface area contributed by atoms with E-state index in [4.69, 9.17) is 4.42 Å². The van der Waals surface area contributed by atoms with E-state index in [1.807, 2.05) is 6.92 Å². The minimum atomic E-state index is -1.23. The summed E-state index contributed by atoms with van der Waals surface area (Å²) in [5.74, 6) is -0.0870. The normalized spacial score (nSPS) is 26.2. The van der Waals surface area contributed by atoms with E-state index in [2.05, 4.69) is 9.88 Å². The monoisotopic (exact) mass is 423 g/mol. The number of aliphatic hydroxyl groups is 1. The number of benzene rings is 2. The van der Waals surface area contributed by atoms with Gasteiger partial charge in [0.05, 0.1) is 0 Å². The zero-order chi connectivity index (χ0) is 21.8. The average Bonchev–Trinajstić information content (AvgIpc) is 3.27. The van der Waals surface area contributed by atoms with Crippen LogP contribution in [0.15, 0.2) is 46.9 Å². The highest BCUT2D eigenvalue weighted by molar-refractivity contribution is 5.94. The SMILES string of the molecule is CC1CN(C(=O)c2ccc(-c3nc4ccc(F)cc4o3)cc2)CCN1C1CC1(O)C=O. The van der Waals surface area contributed by atoms with E-state index in [1.165, 1.54) is 12.1 Å². The maximum atomic E-state index is 13.4. The molecule has 0 bridgehead atoms. The number of carbonyl (C=O) groups excluding carboxylic acids is 2. The molecule has 1 N–H and O–H groups in total. The summed E-state index contributed by atoms with van der Waals surface area (Å²) in [6, 6.07) is 11.1. The van der Waals surface area contributed by atoms with Gasteiger partial charge in [-0.2, -0.15) is 0 Å². The predicted octanol–water partition coefficient (Wildman–Crippen LogP) is 2.48. The van der Waals surface area contributed by atoms with Gasteiger partial charge in [0.15, 0.2) is 11.9 Å². The average molecular weight is 423 g/mol. The summed E-state index contributed by atoms with van der Waals surface area (Å²) >= 11 is 0. The lowest BCUT2D eigenvalue weighted by Gasteiger charge is -2.40. The van der Waals surface area contributed by atoms with Crippen molar-refractivity contribution >= 4 is 23.3 Å². The van der Waals surface area contributed by atoms with Gasteiger partial charge in [-0.25, -0.2) is 9.37 Å². The first kappa shape index (κ1) is 19.8. The van der Waals surface area contributed by atoms with Crippen molar-refractivity contribution in [3.63, 3.8) is 0 Å². The fourth-order valence-electron chi connectivity index (χ4n) is 4.36. The number of hydrogen-bond acceptors (Lipinski definition) is 6. The number of carbonyl (C=O) groups is 2. The molecule has 1 aliphatic carbocycles. The molecule has 2 aliphatic rings. The van der Waals surface area contributed by atoms with Gasteiger partial charge in [0.25, 0.3) is 5.91 Å². The second kappa shape index (κ2) is 7.25. The number of piperazine rings is 1. The highest BCUT2D eigenvalue weighted by Crippen LogP contribution is 2.40. The van der Waals surface area contributed by atoms with Crippen molar-refractivity contribution in [3.8, 4) is 11.5 Å². The van der Waals surface area contributed by atoms with Gasteiger partial charge in [0.2, 0.25) is 5.89 Å². The number of oxazole rings is 1. The smallest absolute Gasteiger partial charge is 0.253 e. The van der Waals surface area contributed by atoms with Crippen LogP contribution in [-0.2, 0) is 4.79 Å². The number of amides is 1. The van der Waals surface area contributed by atoms with Crippen LogP contribution in [0, 0.1) is 5.82 Å². The van der Waals surface area contributed by atoms with E-state index in [0.717, 1.165) is 0 Å². The van der Waals surface area contributed by atoms with Crippen LogP contribution in [0.4, 0.5) is 4.39 Å². The molecule has 1 saturated carbocycles. The molecule has 8 heteroatoms. The summed E-state index contributed by atoms with van der Waals surface area (Å²) in [5, 5.41) is 10.1. The molecule has 0 radical (unpaired) electrons. The summed E-state index contributed by atoms with van der Waals surface area (Å²) in [5.41, 5.74) is 0.975. The molecule has 3 unspecified atom stereocenters. The van der Waals surface area contributed by atoms with Crippen molar-refractivity contribution < 1.29 is 23.5 Å². The lowest BCUT2D eigenvalue weighted by atomic mass is 10.1. The Hall–Kier alpha value is -3.10. The molecule has 31 heavy (non-hydrogen) atoms. The molecule has 2 aromatic carbocycles. The van der Waals surface area contributed by atoms with Crippen molar-refractivity contribution in [2.45, 2.75) is 31.0 Å². The predicted molar refractivity (Wildman–Crippen MR) is 111 cm³/mol. The summed E-state index contributed by atoms with van der Waals surface area (Å²) < 4.78 is 19.0. The number of nitrogens with zero attached hydrogens (tertiary/aromatic N) is 3. The van der Waals surface area contributed by atoms with Crippen LogP contribution in [0.2, 0.25) is 0 Å². The molecular formula is C23H22FN3O4. The molecule has 7 nitrogen and oxygen atoms in total. The summed E-state index contributed by atoms with van der Waals surface area (Å²) in [6.07, 6.45) is 1.08. The second-order valence-electron chi connectivity index (χ2n) is 8.38. The standard InChI is InChI=1S/C23H22FN3O4/c1-14-12-26(8-9-27(14)20-11-23(20,30)13-28)22(29)16-4-2-15(3-5-16)21-25-18-7-6-17(24)10-19(18)31-21/h2-7,10,13-14,20,30H,8-9,11-12H2,1H3. The minimum absolute atomic E-state index is 0.0519. The highest BCUT2D eigenvalue weighted by atomic mass is 19.1. The van der Waals surface area contributed by atoms with Crippen molar-refractivity contribution in [2.75, 3.05) is 19.6 Å². The fraction of sp³-hybridized carbons (Fsp3) is 0.348. The van der Waals surface area contributed by atoms with E-state index in [9.17, 15) is 19.1 Å². The molecule has 2 heterocycles. The van der Waals surface area contributed by atoms with Crippen molar-refractivity contribution in [2.24, 2.45) is 0 Å². The third kappa shape index (κ3) is 3.51. The van der Waals surface area contributed by atoms with Crippen LogP contribution in [0.3, 0.4) is 0 Å². The molecule has 5 rings (SSSR count). The Morgan fingerprint density at radius 2 is 2.03 bits per heavy atom. The quantitative estimate of drug-likeness (QED) is 0.649. The molecule has 160 valence electrons. The number of hydrogen-bond donors (Lipinski definition) is 1. The van der Waals surface area contributed by atoms with Crippen molar-refractivity contribution in [3.05, 3.63) is 53.8 Å². The van der Waals surface area contributed by atoms with Gasteiger partial charge in [-0.15, -0.1) is 0 Å². The second-order valence-corrected chi connectivity index (χ2v) is 8.38. The summed E-state index contributed by atoms with van der Waals surface area (Å²) in [4.78, 5) is 32.3. The van der Waals surface area contributed by atoms with Crippen molar-refractivity contribution in [1.29, 1.82) is 0 Å². The Balaban J connectivity index is 1.27. The number of rotatable bonds is 4. The molecule has 1 aliphatic heterocycles. The van der Waals surface area contributed by atoms with Gasteiger partial charge in [-0.05, 0) is 43.3 Å². The minimum Gasteiger partial charge on any atom is -0.436 e. The largest absolute Gasteiger partial charge is 0.436 e. The molecule has 1 aromatic heterocycles. The number of aromatic nitrogens is 1. The highest BCUT2D eigenvalue weighted by Gasteiger charge is 2.57. The Labute approximate surface area is 178 Å². The number of fused-ring (bicyclic) bond motifs is 1. The van der Waals surface area contributed by atoms with Crippen LogP contribution >= 0.6 is 0 Å². The summed E-state index contributed by atoms with van der Waals surface area (Å²) in [6.45, 7) is 3.68. The van der Waals surface area contributed by atoms with Crippen LogP contribution in [0.25, 0.3) is 22.6 Å². The molecule has 1 saturated heterocycles. The summed E-state index contributed by atoms with van der Waals surface area (Å²) in [7, 11) is 0. The van der Waals surface area contributed by atoms with Gasteiger partial charge >= 0.3 is 0 Å².